The van der Waals surface area contributed by atoms with Gasteiger partial charge in [0.05, 0.1) is 25.1 Å². The molecule has 0 atom stereocenters. The van der Waals surface area contributed by atoms with Gasteiger partial charge in [0.25, 0.3) is 11.8 Å². The van der Waals surface area contributed by atoms with Crippen LogP contribution in [0.3, 0.4) is 0 Å². The maximum Gasteiger partial charge on any atom is 0.490 e. The Morgan fingerprint density at radius 3 is 2.34 bits per heavy atom. The van der Waals surface area contributed by atoms with Gasteiger partial charge in [0.2, 0.25) is 11.7 Å². The van der Waals surface area contributed by atoms with E-state index in [4.69, 9.17) is 19.1 Å². The standard InChI is InChI=1S/C30H40N6O4.C2HF3O2/c1-3-23(4-2)33-28(38)26-19-31-29(40-26)22-10-8-9-21(17-22)24-18-25(35-34-24)27(37)32-20-30(11-6-5-7-12-30)36-13-15-39-16-14-36;3-2(4,5)1(6)7/h8-10,17-19,23H,3-7,11-16,20H2,1-2H3,(H,32,37)(H,33,38)(H,34,35);(H,6,7). The molecule has 15 heteroatoms. The average Bonchev–Trinajstić information content (AvgIpc) is 3.78. The minimum absolute atomic E-state index is 0.00898. The van der Waals surface area contributed by atoms with Crippen molar-refractivity contribution in [3.8, 4) is 22.7 Å². The molecule has 0 spiro atoms. The predicted molar refractivity (Wildman–Crippen MR) is 166 cm³/mol. The summed E-state index contributed by atoms with van der Waals surface area (Å²) < 4.78 is 43.1. The Morgan fingerprint density at radius 1 is 1.04 bits per heavy atom. The van der Waals surface area contributed by atoms with E-state index in [-0.39, 0.29) is 29.2 Å². The van der Waals surface area contributed by atoms with Gasteiger partial charge in [0, 0.05) is 42.3 Å². The summed E-state index contributed by atoms with van der Waals surface area (Å²) >= 11 is 0. The molecule has 2 amide bonds. The number of aromatic nitrogens is 3. The minimum atomic E-state index is -5.08. The number of rotatable bonds is 10. The molecular weight excluding hydrogens is 621 g/mol. The Bertz CT molecular complexity index is 1490. The number of hydrogen-bond donors (Lipinski definition) is 4. The van der Waals surface area contributed by atoms with Crippen molar-refractivity contribution in [3.05, 3.63) is 48.0 Å². The number of oxazole rings is 1. The van der Waals surface area contributed by atoms with Gasteiger partial charge in [-0.2, -0.15) is 18.3 Å². The van der Waals surface area contributed by atoms with Gasteiger partial charge in [-0.3, -0.25) is 19.6 Å². The number of H-pyrrole nitrogens is 1. The van der Waals surface area contributed by atoms with E-state index in [9.17, 15) is 22.8 Å². The van der Waals surface area contributed by atoms with Crippen LogP contribution in [0, 0.1) is 0 Å². The lowest BCUT2D eigenvalue weighted by molar-refractivity contribution is -0.192. The molecule has 256 valence electrons. The number of aliphatic carboxylic acids is 1. The second kappa shape index (κ2) is 16.0. The molecular formula is C32H41F3N6O6. The third-order valence-electron chi connectivity index (χ3n) is 8.57. The summed E-state index contributed by atoms with van der Waals surface area (Å²) in [5, 5.41) is 20.6. The van der Waals surface area contributed by atoms with E-state index >= 15 is 0 Å². The zero-order valence-corrected chi connectivity index (χ0v) is 26.5. The molecule has 1 aliphatic heterocycles. The predicted octanol–water partition coefficient (Wildman–Crippen LogP) is 5.05. The summed E-state index contributed by atoms with van der Waals surface area (Å²) in [5.74, 6) is -2.67. The highest BCUT2D eigenvalue weighted by atomic mass is 19.4. The maximum atomic E-state index is 13.1. The number of carboxylic acid groups (broad SMARTS) is 1. The maximum absolute atomic E-state index is 13.1. The number of carboxylic acids is 1. The third-order valence-corrected chi connectivity index (χ3v) is 8.57. The number of amides is 2. The lowest BCUT2D eigenvalue weighted by Crippen LogP contribution is -2.59. The lowest BCUT2D eigenvalue weighted by atomic mass is 9.79. The highest BCUT2D eigenvalue weighted by molar-refractivity contribution is 5.93. The number of carbonyl (C=O) groups excluding carboxylic acids is 2. The Hall–Kier alpha value is -4.24. The Labute approximate surface area is 270 Å². The quantitative estimate of drug-likeness (QED) is 0.233. The smallest absolute Gasteiger partial charge is 0.475 e. The van der Waals surface area contributed by atoms with Crippen LogP contribution in [0.15, 0.2) is 40.9 Å². The number of aromatic amines is 1. The zero-order valence-electron chi connectivity index (χ0n) is 26.5. The first-order valence-corrected chi connectivity index (χ1v) is 15.8. The van der Waals surface area contributed by atoms with Crippen LogP contribution in [0.4, 0.5) is 13.2 Å². The zero-order chi connectivity index (χ0) is 34.0. The van der Waals surface area contributed by atoms with Crippen molar-refractivity contribution in [2.75, 3.05) is 32.8 Å². The highest BCUT2D eigenvalue weighted by Gasteiger charge is 2.39. The number of halogens is 3. The SMILES string of the molecule is CCC(CC)NC(=O)c1cnc(-c2cccc(-c3cc(C(=O)NCC4(N5CCOCC5)CCCCC4)n[nH]3)c2)o1.O=C(O)C(F)(F)F. The van der Waals surface area contributed by atoms with E-state index in [1.165, 1.54) is 25.5 Å². The number of nitrogens with one attached hydrogen (secondary N) is 3. The van der Waals surface area contributed by atoms with Gasteiger partial charge in [-0.15, -0.1) is 0 Å². The minimum Gasteiger partial charge on any atom is -0.475 e. The van der Waals surface area contributed by atoms with E-state index in [2.05, 4.69) is 30.7 Å². The number of hydrogen-bond acceptors (Lipinski definition) is 8. The largest absolute Gasteiger partial charge is 0.490 e. The molecule has 2 aromatic heterocycles. The Kier molecular flexibility index (Phi) is 12.2. The summed E-state index contributed by atoms with van der Waals surface area (Å²) in [7, 11) is 0. The topological polar surface area (TPSA) is 163 Å². The molecule has 0 unspecified atom stereocenters. The molecule has 1 aromatic carbocycles. The summed E-state index contributed by atoms with van der Waals surface area (Å²) in [5.41, 5.74) is 2.62. The summed E-state index contributed by atoms with van der Waals surface area (Å²) in [4.78, 5) is 41.4. The van der Waals surface area contributed by atoms with Gasteiger partial charge in [-0.05, 0) is 43.9 Å². The van der Waals surface area contributed by atoms with Gasteiger partial charge in [-0.1, -0.05) is 45.2 Å². The fraction of sp³-hybridized carbons (Fsp3) is 0.531. The second-order valence-electron chi connectivity index (χ2n) is 11.6. The second-order valence-corrected chi connectivity index (χ2v) is 11.6. The van der Waals surface area contributed by atoms with Crippen LogP contribution in [-0.2, 0) is 9.53 Å². The van der Waals surface area contributed by atoms with Crippen molar-refractivity contribution in [2.45, 2.75) is 76.6 Å². The molecule has 12 nitrogen and oxygen atoms in total. The number of carbonyl (C=O) groups is 3. The van der Waals surface area contributed by atoms with Crippen molar-refractivity contribution in [3.63, 3.8) is 0 Å². The van der Waals surface area contributed by atoms with Crippen LogP contribution in [0.2, 0.25) is 0 Å². The molecule has 2 fully saturated rings. The third kappa shape index (κ3) is 9.41. The highest BCUT2D eigenvalue weighted by Crippen LogP contribution is 2.34. The molecule has 47 heavy (non-hydrogen) atoms. The number of ether oxygens (including phenoxy) is 1. The summed E-state index contributed by atoms with van der Waals surface area (Å²) in [6.45, 7) is 8.00. The van der Waals surface area contributed by atoms with Crippen LogP contribution in [0.5, 0.6) is 0 Å². The number of alkyl halides is 3. The normalized spacial score (nSPS) is 16.6. The molecule has 3 aromatic rings. The Morgan fingerprint density at radius 2 is 1.70 bits per heavy atom. The molecule has 2 aliphatic rings. The van der Waals surface area contributed by atoms with Crippen LogP contribution in [0.1, 0.15) is 79.8 Å². The fourth-order valence-electron chi connectivity index (χ4n) is 5.86. The Balaban J connectivity index is 0.000000644. The van der Waals surface area contributed by atoms with Gasteiger partial charge in [0.1, 0.15) is 0 Å². The van der Waals surface area contributed by atoms with Crippen molar-refractivity contribution in [1.82, 2.24) is 30.7 Å². The van der Waals surface area contributed by atoms with Crippen molar-refractivity contribution >= 4 is 17.8 Å². The van der Waals surface area contributed by atoms with E-state index < -0.39 is 12.1 Å². The van der Waals surface area contributed by atoms with Gasteiger partial charge in [0.15, 0.2) is 5.69 Å². The number of nitrogens with zero attached hydrogens (tertiary/aromatic N) is 3. The summed E-state index contributed by atoms with van der Waals surface area (Å²) in [6.07, 6.45) is 3.88. The van der Waals surface area contributed by atoms with Gasteiger partial charge in [-0.25, -0.2) is 9.78 Å². The van der Waals surface area contributed by atoms with Crippen molar-refractivity contribution in [2.24, 2.45) is 0 Å². The number of morpholine rings is 1. The van der Waals surface area contributed by atoms with E-state index in [1.54, 1.807) is 6.07 Å². The average molecular weight is 663 g/mol. The van der Waals surface area contributed by atoms with Crippen LogP contribution >= 0.6 is 0 Å². The molecule has 5 rings (SSSR count). The molecule has 3 heterocycles. The fourth-order valence-corrected chi connectivity index (χ4v) is 5.86. The van der Waals surface area contributed by atoms with Gasteiger partial charge >= 0.3 is 12.1 Å². The molecule has 4 N–H and O–H groups in total. The first-order valence-electron chi connectivity index (χ1n) is 15.8. The first-order chi connectivity index (χ1) is 22.5. The van der Waals surface area contributed by atoms with Crippen LogP contribution in [0.25, 0.3) is 22.7 Å². The van der Waals surface area contributed by atoms with E-state index in [0.717, 1.165) is 63.1 Å². The molecule has 0 bridgehead atoms. The monoisotopic (exact) mass is 662 g/mol. The summed E-state index contributed by atoms with van der Waals surface area (Å²) in [6, 6.07) is 9.45. The lowest BCUT2D eigenvalue weighted by Gasteiger charge is -2.48. The first kappa shape index (κ1) is 35.6. The van der Waals surface area contributed by atoms with Crippen molar-refractivity contribution < 1.29 is 41.8 Å². The molecule has 1 saturated heterocycles. The van der Waals surface area contributed by atoms with Crippen molar-refractivity contribution in [1.29, 1.82) is 0 Å². The number of benzene rings is 1. The van der Waals surface area contributed by atoms with E-state index in [1.807, 2.05) is 38.1 Å². The van der Waals surface area contributed by atoms with Crippen LogP contribution < -0.4 is 10.6 Å². The van der Waals surface area contributed by atoms with Gasteiger partial charge < -0.3 is 24.9 Å². The molecule has 1 saturated carbocycles. The van der Waals surface area contributed by atoms with Crippen LogP contribution in [-0.4, -0.2) is 93.6 Å². The molecule has 1 aliphatic carbocycles. The van der Waals surface area contributed by atoms with E-state index in [0.29, 0.717) is 23.8 Å². The molecule has 0 radical (unpaired) electrons.